The molecule has 1 aromatic carbocycles. The van der Waals surface area contributed by atoms with E-state index in [9.17, 15) is 9.90 Å². The number of carbonyl (C=O) groups excluding carboxylic acids is 1. The number of hydrogen-bond donors (Lipinski definition) is 2. The summed E-state index contributed by atoms with van der Waals surface area (Å²) in [6, 6.07) is 1.46. The number of rotatable bonds is 4. The third kappa shape index (κ3) is 4.33. The highest BCUT2D eigenvalue weighted by Crippen LogP contribution is 2.40. The van der Waals surface area contributed by atoms with E-state index in [2.05, 4.69) is 38.0 Å². The van der Waals surface area contributed by atoms with Gasteiger partial charge >= 0.3 is 0 Å². The molecule has 0 aromatic heterocycles. The molecule has 0 spiro atoms. The molecule has 1 saturated heterocycles. The minimum absolute atomic E-state index is 0.0480. The van der Waals surface area contributed by atoms with Crippen LogP contribution in [0.5, 0.6) is 11.5 Å². The summed E-state index contributed by atoms with van der Waals surface area (Å²) in [5, 5.41) is 13.5. The summed E-state index contributed by atoms with van der Waals surface area (Å²) in [5.74, 6) is -0.406. The molecule has 2 N–H and O–H groups in total. The van der Waals surface area contributed by atoms with E-state index < -0.39 is 5.91 Å². The molecule has 8 heteroatoms. The molecule has 0 radical (unpaired) electrons. The van der Waals surface area contributed by atoms with Crippen LogP contribution in [0.15, 0.2) is 10.5 Å². The number of aromatic hydroxyl groups is 1. The third-order valence-corrected chi connectivity index (χ3v) is 5.07. The summed E-state index contributed by atoms with van der Waals surface area (Å²) in [6.07, 6.45) is 0. The first-order valence-corrected chi connectivity index (χ1v) is 9.01. The summed E-state index contributed by atoms with van der Waals surface area (Å²) >= 11 is 9.34. The number of hydrogen-bond acceptors (Lipinski definition) is 5. The summed E-state index contributed by atoms with van der Waals surface area (Å²) in [7, 11) is 3.45. The van der Waals surface area contributed by atoms with Crippen LogP contribution in [0.4, 0.5) is 0 Å². The minimum Gasteiger partial charge on any atom is -0.506 e. The Morgan fingerprint density at radius 3 is 2.83 bits per heavy atom. The molecule has 1 aliphatic rings. The average molecular weight is 421 g/mol. The number of amides is 1. The lowest BCUT2D eigenvalue weighted by Crippen LogP contribution is -2.46. The van der Waals surface area contributed by atoms with E-state index >= 15 is 0 Å². The van der Waals surface area contributed by atoms with Crippen molar-refractivity contribution in [2.24, 2.45) is 0 Å². The van der Waals surface area contributed by atoms with Gasteiger partial charge in [0.25, 0.3) is 5.91 Å². The van der Waals surface area contributed by atoms with Gasteiger partial charge in [0.15, 0.2) is 5.75 Å². The van der Waals surface area contributed by atoms with Crippen LogP contribution in [0.25, 0.3) is 0 Å². The zero-order chi connectivity index (χ0) is 17.9. The van der Waals surface area contributed by atoms with Gasteiger partial charge in [0, 0.05) is 26.2 Å². The van der Waals surface area contributed by atoms with E-state index in [-0.39, 0.29) is 28.1 Å². The molecule has 1 atom stereocenters. The van der Waals surface area contributed by atoms with Crippen LogP contribution in [0, 0.1) is 0 Å². The lowest BCUT2D eigenvalue weighted by Gasteiger charge is -2.24. The first kappa shape index (κ1) is 19.3. The highest BCUT2D eigenvalue weighted by molar-refractivity contribution is 9.10. The van der Waals surface area contributed by atoms with E-state index in [0.717, 1.165) is 32.7 Å². The molecule has 134 valence electrons. The van der Waals surface area contributed by atoms with Gasteiger partial charge in [-0.15, -0.1) is 0 Å². The van der Waals surface area contributed by atoms with Gasteiger partial charge in [-0.05, 0) is 35.6 Å². The Kier molecular flexibility index (Phi) is 6.74. The zero-order valence-corrected chi connectivity index (χ0v) is 16.4. The van der Waals surface area contributed by atoms with Crippen LogP contribution in [-0.2, 0) is 0 Å². The van der Waals surface area contributed by atoms with Crippen LogP contribution in [0.2, 0.25) is 5.02 Å². The van der Waals surface area contributed by atoms with E-state index in [0.29, 0.717) is 4.47 Å². The van der Waals surface area contributed by atoms with E-state index in [4.69, 9.17) is 16.3 Å². The number of phenols is 1. The quantitative estimate of drug-likeness (QED) is 0.782. The van der Waals surface area contributed by atoms with Gasteiger partial charge in [0.1, 0.15) is 11.3 Å². The van der Waals surface area contributed by atoms with Gasteiger partial charge in [-0.1, -0.05) is 18.5 Å². The zero-order valence-electron chi connectivity index (χ0n) is 14.1. The molecule has 24 heavy (non-hydrogen) atoms. The summed E-state index contributed by atoms with van der Waals surface area (Å²) in [5.41, 5.74) is 0.0480. The Labute approximate surface area is 155 Å². The molecule has 1 fully saturated rings. The smallest absolute Gasteiger partial charge is 0.259 e. The van der Waals surface area contributed by atoms with Crippen LogP contribution in [-0.4, -0.2) is 73.7 Å². The lowest BCUT2D eigenvalue weighted by atomic mass is 10.1. The molecule has 1 amide bonds. The van der Waals surface area contributed by atoms with Gasteiger partial charge in [-0.2, -0.15) is 0 Å². The Bertz CT molecular complexity index is 615. The lowest BCUT2D eigenvalue weighted by molar-refractivity contribution is 0.0919. The van der Waals surface area contributed by atoms with Crippen LogP contribution >= 0.6 is 27.5 Å². The fourth-order valence-electron chi connectivity index (χ4n) is 2.88. The number of phenolic OH excluding ortho intramolecular Hbond substituents is 1. The first-order valence-electron chi connectivity index (χ1n) is 7.84. The maximum Gasteiger partial charge on any atom is 0.259 e. The Morgan fingerprint density at radius 1 is 1.50 bits per heavy atom. The number of likely N-dealkylation sites (N-methyl/N-ethyl adjacent to an activating group) is 2. The predicted molar refractivity (Wildman–Crippen MR) is 98.2 cm³/mol. The highest BCUT2D eigenvalue weighted by Gasteiger charge is 2.27. The SMILES string of the molecule is CCN1CCN(C)CC(NC(=O)c2c(O)c(Br)cc(Cl)c2OC)C1. The second kappa shape index (κ2) is 8.38. The minimum atomic E-state index is -0.399. The number of ether oxygens (including phenoxy) is 1. The van der Waals surface area contributed by atoms with Gasteiger partial charge in [-0.3, -0.25) is 4.79 Å². The number of nitrogens with zero attached hydrogens (tertiary/aromatic N) is 2. The highest BCUT2D eigenvalue weighted by atomic mass is 79.9. The Morgan fingerprint density at radius 2 is 2.21 bits per heavy atom. The molecule has 0 bridgehead atoms. The van der Waals surface area contributed by atoms with E-state index in [1.807, 2.05) is 7.05 Å². The first-order chi connectivity index (χ1) is 11.4. The van der Waals surface area contributed by atoms with Crippen molar-refractivity contribution in [1.29, 1.82) is 0 Å². The fourth-order valence-corrected chi connectivity index (χ4v) is 3.72. The predicted octanol–water partition coefficient (Wildman–Crippen LogP) is 2.18. The second-order valence-electron chi connectivity index (χ2n) is 5.92. The monoisotopic (exact) mass is 419 g/mol. The molecule has 2 rings (SSSR count). The van der Waals surface area contributed by atoms with Gasteiger partial charge in [0.2, 0.25) is 0 Å². The van der Waals surface area contributed by atoms with E-state index in [1.54, 1.807) is 0 Å². The van der Waals surface area contributed by atoms with Crippen LogP contribution < -0.4 is 10.1 Å². The molecule has 6 nitrogen and oxygen atoms in total. The molecule has 0 saturated carbocycles. The second-order valence-corrected chi connectivity index (χ2v) is 7.18. The van der Waals surface area contributed by atoms with Crippen molar-refractivity contribution in [3.05, 3.63) is 21.1 Å². The molecule has 1 aromatic rings. The number of halogens is 2. The molecule has 1 heterocycles. The van der Waals surface area contributed by atoms with Crippen molar-refractivity contribution in [3.8, 4) is 11.5 Å². The number of methoxy groups -OCH3 is 1. The average Bonchev–Trinajstić information content (AvgIpc) is 2.71. The topological polar surface area (TPSA) is 65.0 Å². The van der Waals surface area contributed by atoms with Crippen molar-refractivity contribution in [3.63, 3.8) is 0 Å². The normalized spacial score (nSPS) is 19.8. The van der Waals surface area contributed by atoms with Gasteiger partial charge in [-0.25, -0.2) is 0 Å². The maximum atomic E-state index is 12.8. The van der Waals surface area contributed by atoms with E-state index in [1.165, 1.54) is 13.2 Å². The maximum absolute atomic E-state index is 12.8. The molecule has 1 unspecified atom stereocenters. The van der Waals surface area contributed by atoms with Gasteiger partial charge < -0.3 is 25.0 Å². The van der Waals surface area contributed by atoms with Crippen molar-refractivity contribution in [2.45, 2.75) is 13.0 Å². The summed E-state index contributed by atoms with van der Waals surface area (Å²) in [4.78, 5) is 17.2. The number of benzene rings is 1. The van der Waals surface area contributed by atoms with Crippen molar-refractivity contribution in [2.75, 3.05) is 46.9 Å². The largest absolute Gasteiger partial charge is 0.506 e. The summed E-state index contributed by atoms with van der Waals surface area (Å²) < 4.78 is 5.57. The molecule has 0 aliphatic carbocycles. The fraction of sp³-hybridized carbons (Fsp3) is 0.562. The Balaban J connectivity index is 2.26. The standard InChI is InChI=1S/C16H23BrClN3O3/c1-4-21-6-5-20(2)8-10(9-21)19-16(23)13-14(22)11(17)7-12(18)15(13)24-3/h7,10,22H,4-6,8-9H2,1-3H3,(H,19,23). The molecular formula is C16H23BrClN3O3. The number of carbonyl (C=O) groups is 1. The molecular weight excluding hydrogens is 398 g/mol. The van der Waals surface area contributed by atoms with Crippen molar-refractivity contribution < 1.29 is 14.6 Å². The molecule has 1 aliphatic heterocycles. The summed E-state index contributed by atoms with van der Waals surface area (Å²) in [6.45, 7) is 6.46. The van der Waals surface area contributed by atoms with Crippen LogP contribution in [0.1, 0.15) is 17.3 Å². The van der Waals surface area contributed by atoms with Crippen molar-refractivity contribution in [1.82, 2.24) is 15.1 Å². The third-order valence-electron chi connectivity index (χ3n) is 4.18. The number of nitrogens with one attached hydrogen (secondary N) is 1. The van der Waals surface area contributed by atoms with Crippen LogP contribution in [0.3, 0.4) is 0 Å². The van der Waals surface area contributed by atoms with Crippen molar-refractivity contribution >= 4 is 33.4 Å². The van der Waals surface area contributed by atoms with Gasteiger partial charge in [0.05, 0.1) is 22.6 Å². The Hall–Kier alpha value is -1.02.